The number of amides is 2. The van der Waals surface area contributed by atoms with Crippen molar-refractivity contribution in [1.29, 1.82) is 0 Å². The van der Waals surface area contributed by atoms with Gasteiger partial charge in [0.1, 0.15) is 12.4 Å². The molecule has 0 heterocycles. The minimum Gasteiger partial charge on any atom is -0.492 e. The topological polar surface area (TPSA) is 67.9 Å². The van der Waals surface area contributed by atoms with Crippen LogP contribution in [0.25, 0.3) is 0 Å². The van der Waals surface area contributed by atoms with Gasteiger partial charge < -0.3 is 9.47 Å². The lowest BCUT2D eigenvalue weighted by atomic mass is 10.2. The van der Waals surface area contributed by atoms with E-state index in [9.17, 15) is 9.59 Å². The lowest BCUT2D eigenvalue weighted by Crippen LogP contribution is -2.41. The fourth-order valence-corrected chi connectivity index (χ4v) is 1.80. The Kier molecular flexibility index (Phi) is 7.99. The number of imide groups is 1. The highest BCUT2D eigenvalue weighted by Gasteiger charge is 2.12. The number of benzene rings is 1. The predicted molar refractivity (Wildman–Crippen MR) is 84.0 cm³/mol. The summed E-state index contributed by atoms with van der Waals surface area (Å²) in [5.41, 5.74) is 1.18. The molecule has 0 bridgehead atoms. The zero-order valence-electron chi connectivity index (χ0n) is 13.4. The van der Waals surface area contributed by atoms with Gasteiger partial charge in [0.2, 0.25) is 5.91 Å². The van der Waals surface area contributed by atoms with Crippen LogP contribution >= 0.6 is 0 Å². The van der Waals surface area contributed by atoms with Crippen LogP contribution in [0.2, 0.25) is 0 Å². The third kappa shape index (κ3) is 7.08. The summed E-state index contributed by atoms with van der Waals surface area (Å²) in [6, 6.07) is 7.80. The summed E-state index contributed by atoms with van der Waals surface area (Å²) in [5, 5.41) is 2.18. The van der Waals surface area contributed by atoms with Gasteiger partial charge in [-0.3, -0.25) is 15.0 Å². The van der Waals surface area contributed by atoms with Gasteiger partial charge in [-0.1, -0.05) is 24.6 Å². The molecule has 0 aliphatic carbocycles. The van der Waals surface area contributed by atoms with Gasteiger partial charge in [-0.2, -0.15) is 0 Å². The summed E-state index contributed by atoms with van der Waals surface area (Å²) in [5.74, 6) is 0.424. The van der Waals surface area contributed by atoms with E-state index in [-0.39, 0.29) is 19.1 Å². The summed E-state index contributed by atoms with van der Waals surface area (Å²) < 4.78 is 10.3. The number of hydrogen-bond acceptors (Lipinski definition) is 5. The van der Waals surface area contributed by atoms with Crippen LogP contribution in [-0.2, 0) is 9.53 Å². The van der Waals surface area contributed by atoms with E-state index in [4.69, 9.17) is 4.74 Å². The number of ether oxygens (including phenoxy) is 2. The predicted octanol–water partition coefficient (Wildman–Crippen LogP) is 1.97. The van der Waals surface area contributed by atoms with E-state index in [0.717, 1.165) is 5.75 Å². The molecule has 0 radical (unpaired) electrons. The molecule has 0 fully saturated rings. The number of alkyl carbamates (subject to hydrolysis) is 1. The van der Waals surface area contributed by atoms with Crippen molar-refractivity contribution < 1.29 is 19.1 Å². The highest BCUT2D eigenvalue weighted by atomic mass is 16.5. The molecule has 0 aromatic heterocycles. The lowest BCUT2D eigenvalue weighted by molar-refractivity contribution is -0.121. The fourth-order valence-electron chi connectivity index (χ4n) is 1.80. The molecule has 122 valence electrons. The molecule has 0 saturated heterocycles. The SMILES string of the molecule is CCOC(=O)NC(=O)CN(CC)CCOc1ccc(C)cc1. The summed E-state index contributed by atoms with van der Waals surface area (Å²) in [7, 11) is 0. The molecule has 6 heteroatoms. The zero-order valence-corrected chi connectivity index (χ0v) is 13.4. The van der Waals surface area contributed by atoms with Gasteiger partial charge in [0.05, 0.1) is 13.2 Å². The van der Waals surface area contributed by atoms with Gasteiger partial charge >= 0.3 is 6.09 Å². The minimum absolute atomic E-state index is 0.132. The largest absolute Gasteiger partial charge is 0.492 e. The Morgan fingerprint density at radius 1 is 1.18 bits per heavy atom. The summed E-state index contributed by atoms with van der Waals surface area (Å²) in [6.07, 6.45) is -0.709. The van der Waals surface area contributed by atoms with E-state index in [1.54, 1.807) is 6.92 Å². The minimum atomic E-state index is -0.709. The monoisotopic (exact) mass is 308 g/mol. The van der Waals surface area contributed by atoms with Crippen LogP contribution in [0, 0.1) is 6.92 Å². The normalized spacial score (nSPS) is 10.4. The third-order valence-electron chi connectivity index (χ3n) is 3.03. The fraction of sp³-hybridized carbons (Fsp3) is 0.500. The number of nitrogens with zero attached hydrogens (tertiary/aromatic N) is 1. The van der Waals surface area contributed by atoms with Crippen LogP contribution in [-0.4, -0.2) is 49.7 Å². The molecule has 0 spiro atoms. The second-order valence-electron chi connectivity index (χ2n) is 4.80. The first kappa shape index (κ1) is 18.0. The van der Waals surface area contributed by atoms with Crippen LogP contribution in [0.5, 0.6) is 5.75 Å². The van der Waals surface area contributed by atoms with Crippen LogP contribution < -0.4 is 10.1 Å². The number of carbonyl (C=O) groups is 2. The number of carbonyl (C=O) groups excluding carboxylic acids is 2. The molecule has 22 heavy (non-hydrogen) atoms. The van der Waals surface area contributed by atoms with Gasteiger partial charge in [0.25, 0.3) is 0 Å². The van der Waals surface area contributed by atoms with Crippen molar-refractivity contribution in [1.82, 2.24) is 10.2 Å². The van der Waals surface area contributed by atoms with Crippen molar-refractivity contribution in [3.05, 3.63) is 29.8 Å². The van der Waals surface area contributed by atoms with E-state index in [1.807, 2.05) is 43.0 Å². The van der Waals surface area contributed by atoms with Crippen LogP contribution in [0.1, 0.15) is 19.4 Å². The second kappa shape index (κ2) is 9.78. The average Bonchev–Trinajstić information content (AvgIpc) is 2.48. The van der Waals surface area contributed by atoms with Crippen LogP contribution in [0.3, 0.4) is 0 Å². The maximum atomic E-state index is 11.7. The zero-order chi connectivity index (χ0) is 16.4. The number of nitrogens with one attached hydrogen (secondary N) is 1. The highest BCUT2D eigenvalue weighted by molar-refractivity contribution is 5.92. The second-order valence-corrected chi connectivity index (χ2v) is 4.80. The van der Waals surface area contributed by atoms with Gasteiger partial charge in [0.15, 0.2) is 0 Å². The Labute approximate surface area is 131 Å². The Hall–Kier alpha value is -2.08. The van der Waals surface area contributed by atoms with Crippen LogP contribution in [0.15, 0.2) is 24.3 Å². The van der Waals surface area contributed by atoms with E-state index in [2.05, 4.69) is 10.1 Å². The molecular formula is C16H24N2O4. The Morgan fingerprint density at radius 2 is 1.86 bits per heavy atom. The first-order chi connectivity index (χ1) is 10.5. The van der Waals surface area contributed by atoms with E-state index in [0.29, 0.717) is 19.7 Å². The third-order valence-corrected chi connectivity index (χ3v) is 3.03. The summed E-state index contributed by atoms with van der Waals surface area (Å²) >= 11 is 0. The molecule has 1 aromatic carbocycles. The van der Waals surface area contributed by atoms with E-state index in [1.165, 1.54) is 5.56 Å². The molecule has 1 N–H and O–H groups in total. The molecule has 1 rings (SSSR count). The number of aryl methyl sites for hydroxylation is 1. The average molecular weight is 308 g/mol. The van der Waals surface area contributed by atoms with E-state index < -0.39 is 6.09 Å². The van der Waals surface area contributed by atoms with Crippen molar-refractivity contribution in [2.75, 3.05) is 32.8 Å². The van der Waals surface area contributed by atoms with Gasteiger partial charge in [-0.25, -0.2) is 4.79 Å². The van der Waals surface area contributed by atoms with Crippen LogP contribution in [0.4, 0.5) is 4.79 Å². The van der Waals surface area contributed by atoms with Gasteiger partial charge in [-0.05, 0) is 32.5 Å². The molecule has 0 atom stereocenters. The molecule has 0 unspecified atom stereocenters. The molecule has 1 aromatic rings. The van der Waals surface area contributed by atoms with Gasteiger partial charge in [0, 0.05) is 6.54 Å². The molecular weight excluding hydrogens is 284 g/mol. The molecule has 2 amide bonds. The summed E-state index contributed by atoms with van der Waals surface area (Å²) in [4.78, 5) is 24.7. The van der Waals surface area contributed by atoms with Crippen molar-refractivity contribution in [2.24, 2.45) is 0 Å². The van der Waals surface area contributed by atoms with Crippen molar-refractivity contribution in [3.63, 3.8) is 0 Å². The Morgan fingerprint density at radius 3 is 2.45 bits per heavy atom. The maximum absolute atomic E-state index is 11.7. The standard InChI is InChI=1S/C16H24N2O4/c1-4-18(12-15(19)17-16(20)21-5-2)10-11-22-14-8-6-13(3)7-9-14/h6-9H,4-5,10-12H2,1-3H3,(H,17,19,20). The first-order valence-electron chi connectivity index (χ1n) is 7.43. The molecule has 0 aliphatic heterocycles. The number of rotatable bonds is 8. The van der Waals surface area contributed by atoms with Crippen molar-refractivity contribution in [3.8, 4) is 5.75 Å². The highest BCUT2D eigenvalue weighted by Crippen LogP contribution is 2.11. The lowest BCUT2D eigenvalue weighted by Gasteiger charge is -2.19. The smallest absolute Gasteiger partial charge is 0.413 e. The Balaban J connectivity index is 2.30. The summed E-state index contributed by atoms with van der Waals surface area (Å²) in [6.45, 7) is 7.78. The van der Waals surface area contributed by atoms with Gasteiger partial charge in [-0.15, -0.1) is 0 Å². The first-order valence-corrected chi connectivity index (χ1v) is 7.43. The maximum Gasteiger partial charge on any atom is 0.413 e. The van der Waals surface area contributed by atoms with E-state index >= 15 is 0 Å². The van der Waals surface area contributed by atoms with Crippen molar-refractivity contribution >= 4 is 12.0 Å². The number of likely N-dealkylation sites (N-methyl/N-ethyl adjacent to an activating group) is 1. The molecule has 6 nitrogen and oxygen atoms in total. The quantitative estimate of drug-likeness (QED) is 0.795. The van der Waals surface area contributed by atoms with Crippen molar-refractivity contribution in [2.45, 2.75) is 20.8 Å². The molecule has 0 saturated carbocycles. The molecule has 0 aliphatic rings. The number of hydrogen-bond donors (Lipinski definition) is 1. The Bertz CT molecular complexity index is 474.